The molecule has 0 aliphatic heterocycles. The first-order valence-electron chi connectivity index (χ1n) is 6.67. The quantitative estimate of drug-likeness (QED) is 0.744. The summed E-state index contributed by atoms with van der Waals surface area (Å²) in [7, 11) is 0. The van der Waals surface area contributed by atoms with Gasteiger partial charge in [-0.15, -0.1) is 5.10 Å². The summed E-state index contributed by atoms with van der Waals surface area (Å²) < 4.78 is 5.16. The third kappa shape index (κ3) is 3.00. The molecule has 21 heavy (non-hydrogen) atoms. The van der Waals surface area contributed by atoms with Crippen LogP contribution < -0.4 is 0 Å². The van der Waals surface area contributed by atoms with E-state index >= 15 is 0 Å². The number of hydrogen-bond donors (Lipinski definition) is 1. The van der Waals surface area contributed by atoms with Crippen molar-refractivity contribution < 1.29 is 4.52 Å². The highest BCUT2D eigenvalue weighted by Gasteiger charge is 2.11. The molecule has 0 spiro atoms. The summed E-state index contributed by atoms with van der Waals surface area (Å²) in [6, 6.07) is 8.21. The lowest BCUT2D eigenvalue weighted by Gasteiger charge is -1.97. The van der Waals surface area contributed by atoms with E-state index in [0.717, 1.165) is 39.3 Å². The van der Waals surface area contributed by atoms with Gasteiger partial charge in [-0.2, -0.15) is 0 Å². The number of H-pyrrole nitrogens is 1. The molecule has 0 fully saturated rings. The Morgan fingerprint density at radius 3 is 2.57 bits per heavy atom. The van der Waals surface area contributed by atoms with Crippen molar-refractivity contribution in [2.45, 2.75) is 31.7 Å². The Morgan fingerprint density at radius 2 is 1.90 bits per heavy atom. The van der Waals surface area contributed by atoms with Gasteiger partial charge in [0.15, 0.2) is 5.82 Å². The predicted molar refractivity (Wildman–Crippen MR) is 82.1 cm³/mol. The van der Waals surface area contributed by atoms with Crippen molar-refractivity contribution in [3.63, 3.8) is 0 Å². The van der Waals surface area contributed by atoms with Gasteiger partial charge < -0.3 is 4.52 Å². The summed E-state index contributed by atoms with van der Waals surface area (Å²) in [5, 5.41) is 11.9. The van der Waals surface area contributed by atoms with E-state index < -0.39 is 0 Å². The van der Waals surface area contributed by atoms with Crippen molar-refractivity contribution in [2.24, 2.45) is 0 Å². The third-order valence-electron chi connectivity index (χ3n) is 3.32. The minimum atomic E-state index is 0.727. The summed E-state index contributed by atoms with van der Waals surface area (Å²) in [6.07, 6.45) is 0. The summed E-state index contributed by atoms with van der Waals surface area (Å²) in [6.45, 7) is 5.93. The molecule has 0 saturated carbocycles. The van der Waals surface area contributed by atoms with Gasteiger partial charge in [-0.3, -0.25) is 5.10 Å². The minimum Gasteiger partial charge on any atom is -0.361 e. The van der Waals surface area contributed by atoms with Gasteiger partial charge in [-0.1, -0.05) is 46.7 Å². The number of benzene rings is 1. The number of aromatic nitrogens is 4. The highest BCUT2D eigenvalue weighted by molar-refractivity contribution is 7.98. The standard InChI is InChI=1S/C15H16N4OS/c1-9-4-6-12(7-5-9)14-16-15(18-17-14)21-8-13-10(2)19-20-11(13)3/h4-7H,8H2,1-3H3,(H,16,17,18). The fourth-order valence-electron chi connectivity index (χ4n) is 2.00. The Balaban J connectivity index is 1.72. The molecule has 0 saturated heterocycles. The molecule has 1 N–H and O–H groups in total. The van der Waals surface area contributed by atoms with Gasteiger partial charge in [-0.05, 0) is 20.8 Å². The molecule has 6 heteroatoms. The minimum absolute atomic E-state index is 0.727. The topological polar surface area (TPSA) is 67.6 Å². The third-order valence-corrected chi connectivity index (χ3v) is 4.19. The molecule has 3 aromatic rings. The van der Waals surface area contributed by atoms with Crippen molar-refractivity contribution in [2.75, 3.05) is 0 Å². The van der Waals surface area contributed by atoms with Crippen LogP contribution in [0.15, 0.2) is 33.9 Å². The van der Waals surface area contributed by atoms with E-state index in [2.05, 4.69) is 39.4 Å². The number of thioether (sulfide) groups is 1. The maximum atomic E-state index is 5.16. The van der Waals surface area contributed by atoms with E-state index in [1.165, 1.54) is 5.56 Å². The van der Waals surface area contributed by atoms with Gasteiger partial charge in [0.1, 0.15) is 5.76 Å². The molecule has 0 aliphatic carbocycles. The zero-order valence-electron chi connectivity index (χ0n) is 12.2. The molecule has 0 bridgehead atoms. The predicted octanol–water partition coefficient (Wildman–Crippen LogP) is 3.68. The van der Waals surface area contributed by atoms with E-state index in [9.17, 15) is 0 Å². The van der Waals surface area contributed by atoms with Crippen molar-refractivity contribution in [1.82, 2.24) is 20.3 Å². The molecule has 0 atom stereocenters. The second kappa shape index (κ2) is 5.73. The molecular formula is C15H16N4OS. The summed E-state index contributed by atoms with van der Waals surface area (Å²) in [5.74, 6) is 2.40. The maximum Gasteiger partial charge on any atom is 0.209 e. The molecule has 2 heterocycles. The largest absolute Gasteiger partial charge is 0.361 e. The smallest absolute Gasteiger partial charge is 0.209 e. The zero-order valence-corrected chi connectivity index (χ0v) is 13.0. The molecule has 0 aliphatic rings. The van der Waals surface area contributed by atoms with Crippen LogP contribution in [-0.4, -0.2) is 20.3 Å². The Morgan fingerprint density at radius 1 is 1.14 bits per heavy atom. The number of aromatic amines is 1. The van der Waals surface area contributed by atoms with Crippen molar-refractivity contribution in [3.8, 4) is 11.4 Å². The summed E-state index contributed by atoms with van der Waals surface area (Å²) in [4.78, 5) is 4.51. The molecular weight excluding hydrogens is 284 g/mol. The molecule has 108 valence electrons. The van der Waals surface area contributed by atoms with Crippen LogP contribution in [0.2, 0.25) is 0 Å². The van der Waals surface area contributed by atoms with E-state index in [4.69, 9.17) is 4.52 Å². The average Bonchev–Trinajstić information content (AvgIpc) is 3.06. The fourth-order valence-corrected chi connectivity index (χ4v) is 2.95. The van der Waals surface area contributed by atoms with E-state index in [1.807, 2.05) is 26.0 Å². The van der Waals surface area contributed by atoms with Gasteiger partial charge in [-0.25, -0.2) is 4.98 Å². The van der Waals surface area contributed by atoms with Crippen LogP contribution in [0.1, 0.15) is 22.6 Å². The highest BCUT2D eigenvalue weighted by Crippen LogP contribution is 2.25. The van der Waals surface area contributed by atoms with Gasteiger partial charge in [0.05, 0.1) is 5.69 Å². The van der Waals surface area contributed by atoms with Crippen LogP contribution >= 0.6 is 11.8 Å². The Labute approximate surface area is 127 Å². The number of nitrogens with one attached hydrogen (secondary N) is 1. The number of nitrogens with zero attached hydrogens (tertiary/aromatic N) is 3. The second-order valence-corrected chi connectivity index (χ2v) is 5.87. The molecule has 0 unspecified atom stereocenters. The second-order valence-electron chi connectivity index (χ2n) is 4.92. The molecule has 5 nitrogen and oxygen atoms in total. The SMILES string of the molecule is Cc1ccc(-c2nc(SCc3c(C)noc3C)n[nH]2)cc1. The van der Waals surface area contributed by atoms with Crippen LogP contribution in [0.3, 0.4) is 0 Å². The van der Waals surface area contributed by atoms with Gasteiger partial charge in [0, 0.05) is 16.9 Å². The summed E-state index contributed by atoms with van der Waals surface area (Å²) >= 11 is 1.57. The first kappa shape index (κ1) is 13.9. The van der Waals surface area contributed by atoms with Crippen LogP contribution in [0.25, 0.3) is 11.4 Å². The molecule has 0 radical (unpaired) electrons. The van der Waals surface area contributed by atoms with Crippen LogP contribution in [0, 0.1) is 20.8 Å². The molecule has 1 aromatic carbocycles. The monoisotopic (exact) mass is 300 g/mol. The van der Waals surface area contributed by atoms with Crippen molar-refractivity contribution in [3.05, 3.63) is 46.8 Å². The lowest BCUT2D eigenvalue weighted by atomic mass is 10.1. The Bertz CT molecular complexity index is 726. The lowest BCUT2D eigenvalue weighted by Crippen LogP contribution is -1.86. The first-order chi connectivity index (χ1) is 10.1. The average molecular weight is 300 g/mol. The Kier molecular flexibility index (Phi) is 3.79. The number of hydrogen-bond acceptors (Lipinski definition) is 5. The van der Waals surface area contributed by atoms with E-state index in [-0.39, 0.29) is 0 Å². The van der Waals surface area contributed by atoms with Gasteiger partial charge in [0.2, 0.25) is 5.16 Å². The van der Waals surface area contributed by atoms with Crippen LogP contribution in [-0.2, 0) is 5.75 Å². The van der Waals surface area contributed by atoms with Gasteiger partial charge in [0.25, 0.3) is 0 Å². The van der Waals surface area contributed by atoms with Crippen molar-refractivity contribution in [1.29, 1.82) is 0 Å². The highest BCUT2D eigenvalue weighted by atomic mass is 32.2. The van der Waals surface area contributed by atoms with E-state index in [1.54, 1.807) is 11.8 Å². The fraction of sp³-hybridized carbons (Fsp3) is 0.267. The Hall–Kier alpha value is -2.08. The number of aryl methyl sites for hydroxylation is 3. The normalized spacial score (nSPS) is 11.0. The van der Waals surface area contributed by atoms with Crippen LogP contribution in [0.5, 0.6) is 0 Å². The van der Waals surface area contributed by atoms with Crippen LogP contribution in [0.4, 0.5) is 0 Å². The lowest BCUT2D eigenvalue weighted by molar-refractivity contribution is 0.392. The van der Waals surface area contributed by atoms with Crippen molar-refractivity contribution >= 4 is 11.8 Å². The molecule has 2 aromatic heterocycles. The van der Waals surface area contributed by atoms with Gasteiger partial charge >= 0.3 is 0 Å². The molecule has 0 amide bonds. The zero-order chi connectivity index (χ0) is 14.8. The first-order valence-corrected chi connectivity index (χ1v) is 7.66. The molecule has 3 rings (SSSR count). The van der Waals surface area contributed by atoms with E-state index in [0.29, 0.717) is 0 Å². The maximum absolute atomic E-state index is 5.16. The number of rotatable bonds is 4. The summed E-state index contributed by atoms with van der Waals surface area (Å²) in [5.41, 5.74) is 4.31.